The van der Waals surface area contributed by atoms with Crippen molar-refractivity contribution in [1.82, 2.24) is 9.97 Å². The molecule has 0 saturated carbocycles. The fourth-order valence-corrected chi connectivity index (χ4v) is 3.65. The standard InChI is InChI=1S/C22H16F3N5O4S/c23-22(24,25)35-16-6-2-4-13(10-16)27-20(31)26-12-3-1-5-14(9-12)34-15-7-8-17-18(11-15)29-19(28-17)30-21(32)33/h1-11H,(H,32,33)(H2,26,27,31)(H2,28,29,30). The molecule has 3 amide bonds. The highest BCUT2D eigenvalue weighted by atomic mass is 32.2. The molecule has 4 rings (SSSR count). The minimum absolute atomic E-state index is 0.0502. The molecule has 4 aromatic rings. The zero-order valence-electron chi connectivity index (χ0n) is 17.5. The number of carbonyl (C=O) groups is 2. The highest BCUT2D eigenvalue weighted by Gasteiger charge is 2.29. The third-order valence-corrected chi connectivity index (χ3v) is 5.05. The van der Waals surface area contributed by atoms with Crippen LogP contribution < -0.4 is 20.7 Å². The van der Waals surface area contributed by atoms with Gasteiger partial charge < -0.3 is 25.5 Å². The fraction of sp³-hybridized carbons (Fsp3) is 0.0455. The molecule has 0 saturated heterocycles. The minimum Gasteiger partial charge on any atom is -0.465 e. The van der Waals surface area contributed by atoms with Gasteiger partial charge in [-0.15, -0.1) is 0 Å². The normalized spacial score (nSPS) is 11.2. The first-order valence-electron chi connectivity index (χ1n) is 9.84. The zero-order chi connectivity index (χ0) is 25.0. The number of nitrogens with zero attached hydrogens (tertiary/aromatic N) is 1. The molecular weight excluding hydrogens is 487 g/mol. The van der Waals surface area contributed by atoms with E-state index in [-0.39, 0.29) is 28.3 Å². The van der Waals surface area contributed by atoms with E-state index in [9.17, 15) is 22.8 Å². The van der Waals surface area contributed by atoms with Gasteiger partial charge in [0.1, 0.15) is 11.5 Å². The highest BCUT2D eigenvalue weighted by Crippen LogP contribution is 2.37. The maximum absolute atomic E-state index is 12.6. The minimum atomic E-state index is -4.43. The van der Waals surface area contributed by atoms with Gasteiger partial charge in [-0.1, -0.05) is 12.1 Å². The molecule has 0 unspecified atom stereocenters. The molecule has 0 atom stereocenters. The van der Waals surface area contributed by atoms with Crippen molar-refractivity contribution in [2.24, 2.45) is 0 Å². The first-order valence-corrected chi connectivity index (χ1v) is 10.7. The topological polar surface area (TPSA) is 128 Å². The molecule has 0 fully saturated rings. The molecule has 0 bridgehead atoms. The van der Waals surface area contributed by atoms with Gasteiger partial charge in [0, 0.05) is 28.4 Å². The molecule has 3 aromatic carbocycles. The number of halogens is 3. The largest absolute Gasteiger partial charge is 0.465 e. The van der Waals surface area contributed by atoms with E-state index in [1.165, 1.54) is 24.3 Å². The van der Waals surface area contributed by atoms with Gasteiger partial charge in [0.05, 0.1) is 11.0 Å². The van der Waals surface area contributed by atoms with Crippen molar-refractivity contribution in [3.8, 4) is 11.5 Å². The summed E-state index contributed by atoms with van der Waals surface area (Å²) in [4.78, 5) is 29.9. The summed E-state index contributed by atoms with van der Waals surface area (Å²) in [7, 11) is 0. The maximum Gasteiger partial charge on any atom is 0.446 e. The Morgan fingerprint density at radius 1 is 0.914 bits per heavy atom. The van der Waals surface area contributed by atoms with Gasteiger partial charge in [-0.3, -0.25) is 5.32 Å². The number of benzene rings is 3. The van der Waals surface area contributed by atoms with Crippen molar-refractivity contribution in [1.29, 1.82) is 0 Å². The Labute approximate surface area is 199 Å². The van der Waals surface area contributed by atoms with E-state index in [0.717, 1.165) is 0 Å². The van der Waals surface area contributed by atoms with Crippen LogP contribution in [-0.4, -0.2) is 32.7 Å². The van der Waals surface area contributed by atoms with Crippen molar-refractivity contribution in [2.75, 3.05) is 16.0 Å². The van der Waals surface area contributed by atoms with E-state index in [4.69, 9.17) is 9.84 Å². The number of aromatic nitrogens is 2. The number of ether oxygens (including phenoxy) is 1. The molecule has 180 valence electrons. The third-order valence-electron chi connectivity index (χ3n) is 4.33. The Balaban J connectivity index is 1.40. The highest BCUT2D eigenvalue weighted by molar-refractivity contribution is 8.00. The molecule has 0 spiro atoms. The number of fused-ring (bicyclic) bond motifs is 1. The molecule has 0 aliphatic rings. The molecule has 1 aromatic heterocycles. The van der Waals surface area contributed by atoms with Crippen LogP contribution in [0.3, 0.4) is 0 Å². The number of amides is 3. The number of hydrogen-bond acceptors (Lipinski definition) is 5. The second-order valence-electron chi connectivity index (χ2n) is 6.98. The van der Waals surface area contributed by atoms with Crippen molar-refractivity contribution in [3.05, 3.63) is 66.7 Å². The summed E-state index contributed by atoms with van der Waals surface area (Å²) in [5.74, 6) is 0.905. The number of nitrogens with one attached hydrogen (secondary N) is 4. The number of hydrogen-bond donors (Lipinski definition) is 5. The summed E-state index contributed by atoms with van der Waals surface area (Å²) in [6.07, 6.45) is -1.25. The lowest BCUT2D eigenvalue weighted by Crippen LogP contribution is -2.19. The van der Waals surface area contributed by atoms with Crippen LogP contribution in [0.15, 0.2) is 71.6 Å². The molecule has 1 heterocycles. The predicted octanol–water partition coefficient (Wildman–Crippen LogP) is 6.70. The molecule has 0 radical (unpaired) electrons. The Kier molecular flexibility index (Phi) is 6.68. The summed E-state index contributed by atoms with van der Waals surface area (Å²) in [6, 6.07) is 16.2. The summed E-state index contributed by atoms with van der Waals surface area (Å²) < 4.78 is 43.5. The van der Waals surface area contributed by atoms with Crippen LogP contribution in [0.25, 0.3) is 11.0 Å². The van der Waals surface area contributed by atoms with E-state index in [0.29, 0.717) is 28.2 Å². The van der Waals surface area contributed by atoms with Gasteiger partial charge >= 0.3 is 17.6 Å². The van der Waals surface area contributed by atoms with Crippen LogP contribution in [0.4, 0.5) is 40.1 Å². The Morgan fingerprint density at radius 3 is 2.31 bits per heavy atom. The second-order valence-corrected chi connectivity index (χ2v) is 8.12. The van der Waals surface area contributed by atoms with Crippen molar-refractivity contribution in [3.63, 3.8) is 0 Å². The van der Waals surface area contributed by atoms with Crippen LogP contribution in [0.2, 0.25) is 0 Å². The zero-order valence-corrected chi connectivity index (χ0v) is 18.3. The van der Waals surface area contributed by atoms with Crippen molar-refractivity contribution < 1.29 is 32.6 Å². The van der Waals surface area contributed by atoms with E-state index < -0.39 is 17.6 Å². The molecule has 0 aliphatic carbocycles. The molecule has 13 heteroatoms. The predicted molar refractivity (Wildman–Crippen MR) is 125 cm³/mol. The number of imidazole rings is 1. The van der Waals surface area contributed by atoms with Crippen molar-refractivity contribution in [2.45, 2.75) is 10.4 Å². The molecular formula is C22H16F3N5O4S. The van der Waals surface area contributed by atoms with Gasteiger partial charge in [-0.2, -0.15) is 13.2 Å². The van der Waals surface area contributed by atoms with Gasteiger partial charge in [0.15, 0.2) is 0 Å². The number of alkyl halides is 3. The van der Waals surface area contributed by atoms with Crippen LogP contribution in [0, 0.1) is 0 Å². The van der Waals surface area contributed by atoms with Crippen LogP contribution in [-0.2, 0) is 0 Å². The molecule has 5 N–H and O–H groups in total. The van der Waals surface area contributed by atoms with E-state index in [2.05, 4.69) is 25.9 Å². The van der Waals surface area contributed by atoms with Gasteiger partial charge in [-0.25, -0.2) is 14.6 Å². The van der Waals surface area contributed by atoms with Gasteiger partial charge in [0.25, 0.3) is 0 Å². The number of rotatable bonds is 6. The quantitative estimate of drug-likeness (QED) is 0.186. The Morgan fingerprint density at radius 2 is 1.60 bits per heavy atom. The Bertz CT molecular complexity index is 1390. The first kappa shape index (κ1) is 23.8. The van der Waals surface area contributed by atoms with E-state index in [1.54, 1.807) is 42.5 Å². The number of H-pyrrole nitrogens is 1. The number of urea groups is 1. The molecule has 35 heavy (non-hydrogen) atoms. The number of carboxylic acid groups (broad SMARTS) is 1. The molecule has 0 aliphatic heterocycles. The fourth-order valence-electron chi connectivity index (χ4n) is 3.05. The SMILES string of the molecule is O=C(O)Nc1nc2ccc(Oc3cccc(NC(=O)Nc4cccc(SC(F)(F)F)c4)c3)cc2[nH]1. The van der Waals surface area contributed by atoms with Crippen LogP contribution in [0.1, 0.15) is 0 Å². The van der Waals surface area contributed by atoms with Crippen molar-refractivity contribution >= 4 is 52.2 Å². The monoisotopic (exact) mass is 503 g/mol. The second kappa shape index (κ2) is 9.85. The summed E-state index contributed by atoms with van der Waals surface area (Å²) in [5, 5.41) is 16.0. The Hall–Kier alpha value is -4.39. The lowest BCUT2D eigenvalue weighted by Gasteiger charge is -2.11. The van der Waals surface area contributed by atoms with E-state index in [1.807, 2.05) is 0 Å². The van der Waals surface area contributed by atoms with E-state index >= 15 is 0 Å². The molecule has 9 nitrogen and oxygen atoms in total. The van der Waals surface area contributed by atoms with Gasteiger partial charge in [-0.05, 0) is 54.2 Å². The maximum atomic E-state index is 12.6. The third kappa shape index (κ3) is 6.80. The number of carbonyl (C=O) groups excluding carboxylic acids is 1. The first-order chi connectivity index (χ1) is 16.6. The summed E-state index contributed by atoms with van der Waals surface area (Å²) >= 11 is -0.271. The van der Waals surface area contributed by atoms with Gasteiger partial charge in [0.2, 0.25) is 5.95 Å². The number of anilines is 3. The smallest absolute Gasteiger partial charge is 0.446 e. The lowest BCUT2D eigenvalue weighted by atomic mass is 10.3. The average molecular weight is 503 g/mol. The lowest BCUT2D eigenvalue weighted by molar-refractivity contribution is -0.0328. The van der Waals surface area contributed by atoms with Crippen LogP contribution in [0.5, 0.6) is 11.5 Å². The van der Waals surface area contributed by atoms with Crippen LogP contribution >= 0.6 is 11.8 Å². The average Bonchev–Trinajstić information content (AvgIpc) is 3.13. The summed E-state index contributed by atoms with van der Waals surface area (Å²) in [5.41, 5.74) is -2.76. The summed E-state index contributed by atoms with van der Waals surface area (Å²) in [6.45, 7) is 0. The number of thioether (sulfide) groups is 1. The number of aromatic amines is 1.